The molecule has 43 heavy (non-hydrogen) atoms. The average Bonchev–Trinajstić information content (AvgIpc) is 2.99. The molecule has 0 atom stereocenters. The van der Waals surface area contributed by atoms with Crippen LogP contribution >= 0.6 is 0 Å². The third kappa shape index (κ3) is 25.4. The molecule has 0 radical (unpaired) electrons. The van der Waals surface area contributed by atoms with Gasteiger partial charge in [0.05, 0.1) is 6.61 Å². The van der Waals surface area contributed by atoms with Crippen LogP contribution in [0.1, 0.15) is 142 Å². The number of rotatable bonds is 30. The zero-order valence-corrected chi connectivity index (χ0v) is 29.3. The van der Waals surface area contributed by atoms with Crippen LogP contribution in [0.15, 0.2) is 24.3 Å². The summed E-state index contributed by atoms with van der Waals surface area (Å²) in [5.41, 5.74) is -0.489. The van der Waals surface area contributed by atoms with Gasteiger partial charge < -0.3 is 19.3 Å². The number of nitrogens with zero attached hydrogens (tertiary/aromatic N) is 2. The summed E-state index contributed by atoms with van der Waals surface area (Å²) in [6.45, 7) is 7.43. The molecule has 0 spiro atoms. The summed E-state index contributed by atoms with van der Waals surface area (Å²) >= 11 is 0. The van der Waals surface area contributed by atoms with Crippen molar-refractivity contribution in [2.75, 3.05) is 54.6 Å². The van der Waals surface area contributed by atoms with Crippen LogP contribution in [0.5, 0.6) is 0 Å². The fraction of sp³-hybridized carbons (Fsp3) is 0.838. The maximum Gasteiger partial charge on any atom is 0.245 e. The second-order valence-corrected chi connectivity index (χ2v) is 12.8. The Morgan fingerprint density at radius 3 is 1.28 bits per heavy atom. The summed E-state index contributed by atoms with van der Waals surface area (Å²) in [6, 6.07) is 0. The van der Waals surface area contributed by atoms with E-state index in [4.69, 9.17) is 9.47 Å². The van der Waals surface area contributed by atoms with Crippen LogP contribution in [-0.2, 0) is 19.1 Å². The molecule has 0 fully saturated rings. The van der Waals surface area contributed by atoms with E-state index in [0.29, 0.717) is 13.2 Å². The smallest absolute Gasteiger partial charge is 0.245 e. The highest BCUT2D eigenvalue weighted by Crippen LogP contribution is 2.30. The fourth-order valence-electron chi connectivity index (χ4n) is 5.04. The minimum absolute atomic E-state index is 0.0545. The summed E-state index contributed by atoms with van der Waals surface area (Å²) in [6.07, 6.45) is 31.6. The molecule has 252 valence electrons. The predicted molar refractivity (Wildman–Crippen MR) is 183 cm³/mol. The van der Waals surface area contributed by atoms with Crippen LogP contribution in [0.25, 0.3) is 0 Å². The molecule has 6 nitrogen and oxygen atoms in total. The first-order chi connectivity index (χ1) is 20.8. The van der Waals surface area contributed by atoms with Crippen molar-refractivity contribution in [1.29, 1.82) is 0 Å². The molecule has 0 N–H and O–H groups in total. The Morgan fingerprint density at radius 1 is 0.512 bits per heavy atom. The maximum absolute atomic E-state index is 12.5. The number of hydrogen-bond acceptors (Lipinski definition) is 4. The molecule has 0 aliphatic rings. The third-order valence-electron chi connectivity index (χ3n) is 8.08. The van der Waals surface area contributed by atoms with E-state index in [1.54, 1.807) is 50.1 Å². The van der Waals surface area contributed by atoms with Gasteiger partial charge in [0.25, 0.3) is 0 Å². The Kier molecular flexibility index (Phi) is 28.0. The minimum Gasteiger partial charge on any atom is -0.381 e. The highest BCUT2D eigenvalue weighted by atomic mass is 16.5. The van der Waals surface area contributed by atoms with Crippen molar-refractivity contribution in [3.8, 4) is 0 Å². The van der Waals surface area contributed by atoms with Crippen LogP contribution in [0.3, 0.4) is 0 Å². The topological polar surface area (TPSA) is 59.1 Å². The standard InChI is InChI=1S/C37H70N2O4/c1-7-9-11-13-14-15-16-17-20-25-33-43-34-37(29-26-35(40)38(3)4,30-27-36(41)39(5)6)28-22-19-18-21-24-32-42-31-23-12-10-8-2/h26-27,29-30H,7-25,28,31-34H2,1-6H3. The first kappa shape index (κ1) is 41.3. The molecule has 0 bridgehead atoms. The van der Waals surface area contributed by atoms with E-state index in [1.807, 2.05) is 12.2 Å². The van der Waals surface area contributed by atoms with E-state index in [0.717, 1.165) is 51.7 Å². The van der Waals surface area contributed by atoms with Gasteiger partial charge in [-0.15, -0.1) is 0 Å². The van der Waals surface area contributed by atoms with Crippen LogP contribution in [0.4, 0.5) is 0 Å². The summed E-state index contributed by atoms with van der Waals surface area (Å²) < 4.78 is 12.0. The monoisotopic (exact) mass is 607 g/mol. The molecule has 0 aromatic heterocycles. The van der Waals surface area contributed by atoms with Crippen molar-refractivity contribution in [3.05, 3.63) is 24.3 Å². The van der Waals surface area contributed by atoms with Gasteiger partial charge in [0.15, 0.2) is 0 Å². The molecule has 0 unspecified atom stereocenters. The van der Waals surface area contributed by atoms with E-state index in [9.17, 15) is 9.59 Å². The Balaban J connectivity index is 4.87. The SMILES string of the molecule is CCCCCCCCCCCCOCC(C=CC(=O)N(C)C)(C=CC(=O)N(C)C)CCCCCCCOCCCCCC. The van der Waals surface area contributed by atoms with Crippen molar-refractivity contribution in [2.45, 2.75) is 142 Å². The second kappa shape index (κ2) is 29.1. The van der Waals surface area contributed by atoms with E-state index < -0.39 is 5.41 Å². The van der Waals surface area contributed by atoms with Crippen LogP contribution in [0, 0.1) is 5.41 Å². The van der Waals surface area contributed by atoms with Gasteiger partial charge in [-0.3, -0.25) is 9.59 Å². The Bertz CT molecular complexity index is 657. The van der Waals surface area contributed by atoms with Gasteiger partial charge in [-0.1, -0.05) is 129 Å². The highest BCUT2D eigenvalue weighted by Gasteiger charge is 2.25. The molecule has 0 aliphatic carbocycles. The number of carbonyl (C=O) groups excluding carboxylic acids is 2. The first-order valence-electron chi connectivity index (χ1n) is 17.7. The van der Waals surface area contributed by atoms with Gasteiger partial charge in [0.2, 0.25) is 11.8 Å². The van der Waals surface area contributed by atoms with E-state index in [-0.39, 0.29) is 11.8 Å². The number of unbranched alkanes of at least 4 members (excludes halogenated alkanes) is 16. The molecule has 0 saturated heterocycles. The van der Waals surface area contributed by atoms with Crippen molar-refractivity contribution in [1.82, 2.24) is 9.80 Å². The van der Waals surface area contributed by atoms with Crippen LogP contribution in [-0.4, -0.2) is 76.2 Å². The van der Waals surface area contributed by atoms with E-state index >= 15 is 0 Å². The number of likely N-dealkylation sites (N-methyl/N-ethyl adjacent to an activating group) is 2. The maximum atomic E-state index is 12.5. The fourth-order valence-corrected chi connectivity index (χ4v) is 5.04. The van der Waals surface area contributed by atoms with E-state index in [2.05, 4.69) is 13.8 Å². The lowest BCUT2D eigenvalue weighted by atomic mass is 9.82. The van der Waals surface area contributed by atoms with Crippen LogP contribution in [0.2, 0.25) is 0 Å². The molecule has 2 amide bonds. The zero-order valence-electron chi connectivity index (χ0n) is 29.3. The van der Waals surface area contributed by atoms with Gasteiger partial charge >= 0.3 is 0 Å². The van der Waals surface area contributed by atoms with E-state index in [1.165, 1.54) is 89.9 Å². The quantitative estimate of drug-likeness (QED) is 0.0604. The average molecular weight is 607 g/mol. The Morgan fingerprint density at radius 2 is 0.860 bits per heavy atom. The molecule has 0 heterocycles. The number of hydrogen-bond donors (Lipinski definition) is 0. The summed E-state index contributed by atoms with van der Waals surface area (Å²) in [5, 5.41) is 0. The zero-order chi connectivity index (χ0) is 32.0. The molecule has 0 aliphatic heterocycles. The lowest BCUT2D eigenvalue weighted by molar-refractivity contribution is -0.124. The predicted octanol–water partition coefficient (Wildman–Crippen LogP) is 9.14. The minimum atomic E-state index is -0.489. The summed E-state index contributed by atoms with van der Waals surface area (Å²) in [5.74, 6) is -0.109. The van der Waals surface area contributed by atoms with Crippen molar-refractivity contribution in [2.24, 2.45) is 5.41 Å². The number of amides is 2. The van der Waals surface area contributed by atoms with Gasteiger partial charge in [-0.25, -0.2) is 0 Å². The number of ether oxygens (including phenoxy) is 2. The molecule has 0 aromatic carbocycles. The second-order valence-electron chi connectivity index (χ2n) is 12.8. The van der Waals surface area contributed by atoms with Crippen molar-refractivity contribution < 1.29 is 19.1 Å². The van der Waals surface area contributed by atoms with Gasteiger partial charge in [-0.2, -0.15) is 0 Å². The first-order valence-corrected chi connectivity index (χ1v) is 17.7. The highest BCUT2D eigenvalue weighted by molar-refractivity contribution is 5.88. The lowest BCUT2D eigenvalue weighted by Crippen LogP contribution is -2.27. The molecule has 6 heteroatoms. The molecule has 0 saturated carbocycles. The van der Waals surface area contributed by atoms with Gasteiger partial charge in [-0.05, 0) is 25.7 Å². The summed E-state index contributed by atoms with van der Waals surface area (Å²) in [7, 11) is 7.04. The molecule has 0 aromatic rings. The Labute approximate surface area is 267 Å². The Hall–Kier alpha value is -1.66. The third-order valence-corrected chi connectivity index (χ3v) is 8.08. The van der Waals surface area contributed by atoms with Gasteiger partial charge in [0, 0.05) is 65.6 Å². The van der Waals surface area contributed by atoms with Gasteiger partial charge in [0.1, 0.15) is 0 Å². The van der Waals surface area contributed by atoms with Crippen molar-refractivity contribution >= 4 is 11.8 Å². The molecular weight excluding hydrogens is 536 g/mol. The summed E-state index contributed by atoms with van der Waals surface area (Å²) in [4.78, 5) is 28.1. The normalized spacial score (nSPS) is 13.2. The largest absolute Gasteiger partial charge is 0.381 e. The van der Waals surface area contributed by atoms with Crippen molar-refractivity contribution in [3.63, 3.8) is 0 Å². The molecular formula is C37H70N2O4. The number of carbonyl (C=O) groups is 2. The molecule has 0 rings (SSSR count). The van der Waals surface area contributed by atoms with Crippen LogP contribution < -0.4 is 0 Å². The lowest BCUT2D eigenvalue weighted by Gasteiger charge is -2.28.